The maximum atomic E-state index is 10.3. The third-order valence-electron chi connectivity index (χ3n) is 1.46. The second kappa shape index (κ2) is 3.05. The minimum Gasteiger partial charge on any atom is -0.481 e. The summed E-state index contributed by atoms with van der Waals surface area (Å²) in [4.78, 5) is 12.5. The molecule has 1 N–H and O–H groups in total. The van der Waals surface area contributed by atoms with Crippen molar-refractivity contribution in [2.24, 2.45) is 0 Å². The number of carboxylic acid groups (broad SMARTS) is 1. The molecule has 0 spiro atoms. The van der Waals surface area contributed by atoms with Gasteiger partial charge in [0.25, 0.3) is 0 Å². The molecule has 0 aliphatic rings. The molecule has 0 aliphatic carbocycles. The molecule has 1 aromatic heterocycles. The average Bonchev–Trinajstić information content (AvgIpc) is 2.09. The quantitative estimate of drug-likeness (QED) is 0.737. The van der Waals surface area contributed by atoms with Gasteiger partial charge in [0.1, 0.15) is 0 Å². The summed E-state index contributed by atoms with van der Waals surface area (Å²) in [5.41, 5.74) is 1.09. The topological polar surface area (TPSA) is 37.3 Å². The molecule has 1 aromatic rings. The van der Waals surface area contributed by atoms with E-state index in [1.165, 1.54) is 4.88 Å². The molecule has 60 valence electrons. The average molecular weight is 170 g/mol. The molecule has 0 amide bonds. The fourth-order valence-corrected chi connectivity index (χ4v) is 2.04. The Hall–Kier alpha value is -0.830. The largest absolute Gasteiger partial charge is 0.481 e. The molecule has 3 heteroatoms. The third-order valence-corrected chi connectivity index (χ3v) is 2.61. The van der Waals surface area contributed by atoms with Gasteiger partial charge in [-0.3, -0.25) is 4.79 Å². The van der Waals surface area contributed by atoms with Crippen molar-refractivity contribution < 1.29 is 9.90 Å². The van der Waals surface area contributed by atoms with E-state index in [1.807, 2.05) is 19.9 Å². The zero-order valence-corrected chi connectivity index (χ0v) is 7.36. The van der Waals surface area contributed by atoms with Gasteiger partial charge in [-0.2, -0.15) is 0 Å². The highest BCUT2D eigenvalue weighted by atomic mass is 32.1. The first-order valence-electron chi connectivity index (χ1n) is 3.37. The van der Waals surface area contributed by atoms with Crippen molar-refractivity contribution in [1.82, 2.24) is 0 Å². The molecular formula is C8H10O2S. The minimum atomic E-state index is -0.755. The highest BCUT2D eigenvalue weighted by Crippen LogP contribution is 2.21. The summed E-state index contributed by atoms with van der Waals surface area (Å²) < 4.78 is 0. The van der Waals surface area contributed by atoms with Gasteiger partial charge in [-0.25, -0.2) is 0 Å². The number of hydrogen-bond donors (Lipinski definition) is 1. The van der Waals surface area contributed by atoms with E-state index in [1.54, 1.807) is 11.3 Å². The third kappa shape index (κ3) is 2.05. The van der Waals surface area contributed by atoms with Crippen molar-refractivity contribution in [3.05, 3.63) is 21.4 Å². The van der Waals surface area contributed by atoms with Gasteiger partial charge in [0.15, 0.2) is 0 Å². The molecule has 0 atom stereocenters. The second-order valence-electron chi connectivity index (χ2n) is 2.53. The number of hydrogen-bond acceptors (Lipinski definition) is 2. The maximum absolute atomic E-state index is 10.3. The lowest BCUT2D eigenvalue weighted by molar-refractivity contribution is -0.136. The van der Waals surface area contributed by atoms with E-state index >= 15 is 0 Å². The van der Waals surface area contributed by atoms with E-state index in [4.69, 9.17) is 5.11 Å². The lowest BCUT2D eigenvalue weighted by Gasteiger charge is -1.91. The van der Waals surface area contributed by atoms with Crippen LogP contribution in [0.1, 0.15) is 15.3 Å². The Kier molecular flexibility index (Phi) is 2.29. The Morgan fingerprint density at radius 1 is 1.64 bits per heavy atom. The van der Waals surface area contributed by atoms with Crippen molar-refractivity contribution in [3.63, 3.8) is 0 Å². The Balaban J connectivity index is 2.85. The molecule has 0 radical (unpaired) electrons. The summed E-state index contributed by atoms with van der Waals surface area (Å²) >= 11 is 1.56. The summed E-state index contributed by atoms with van der Waals surface area (Å²) in [6, 6.07) is 2.02. The van der Waals surface area contributed by atoms with Crippen LogP contribution in [0.2, 0.25) is 0 Å². The molecule has 0 saturated carbocycles. The first-order chi connectivity index (χ1) is 5.09. The van der Waals surface area contributed by atoms with Crippen molar-refractivity contribution >= 4 is 17.3 Å². The first kappa shape index (κ1) is 8.27. The first-order valence-corrected chi connectivity index (χ1v) is 4.19. The van der Waals surface area contributed by atoms with Gasteiger partial charge in [-0.15, -0.1) is 11.3 Å². The molecule has 0 saturated heterocycles. The summed E-state index contributed by atoms with van der Waals surface area (Å²) in [6.07, 6.45) is 0.157. The molecule has 0 bridgehead atoms. The highest BCUT2D eigenvalue weighted by Gasteiger charge is 2.06. The summed E-state index contributed by atoms with van der Waals surface area (Å²) in [7, 11) is 0. The van der Waals surface area contributed by atoms with Crippen LogP contribution < -0.4 is 0 Å². The van der Waals surface area contributed by atoms with E-state index in [9.17, 15) is 4.79 Å². The van der Waals surface area contributed by atoms with E-state index < -0.39 is 5.97 Å². The Morgan fingerprint density at radius 3 is 2.64 bits per heavy atom. The molecule has 0 aromatic carbocycles. The molecule has 0 fully saturated rings. The molecule has 1 rings (SSSR count). The van der Waals surface area contributed by atoms with Gasteiger partial charge in [0, 0.05) is 9.75 Å². The number of aryl methyl sites for hydroxylation is 2. The predicted molar refractivity (Wildman–Crippen MR) is 45.1 cm³/mol. The van der Waals surface area contributed by atoms with Crippen molar-refractivity contribution in [1.29, 1.82) is 0 Å². The SMILES string of the molecule is Cc1cc(C)c(CC(=O)O)s1. The Labute approximate surface area is 69.5 Å². The van der Waals surface area contributed by atoms with E-state index in [0.29, 0.717) is 0 Å². The molecule has 11 heavy (non-hydrogen) atoms. The van der Waals surface area contributed by atoms with Gasteiger partial charge in [-0.1, -0.05) is 0 Å². The number of thiophene rings is 1. The standard InChI is InChI=1S/C8H10O2S/c1-5-3-6(2)11-7(5)4-8(9)10/h3H,4H2,1-2H3,(H,9,10). The van der Waals surface area contributed by atoms with Crippen LogP contribution in [0.3, 0.4) is 0 Å². The second-order valence-corrected chi connectivity index (χ2v) is 3.87. The maximum Gasteiger partial charge on any atom is 0.308 e. The Morgan fingerprint density at radius 2 is 2.27 bits per heavy atom. The van der Waals surface area contributed by atoms with Crippen molar-refractivity contribution in [2.45, 2.75) is 20.3 Å². The van der Waals surface area contributed by atoms with Crippen LogP contribution in [0.5, 0.6) is 0 Å². The predicted octanol–water partition coefficient (Wildman–Crippen LogP) is 1.99. The van der Waals surface area contributed by atoms with Crippen LogP contribution in [-0.2, 0) is 11.2 Å². The van der Waals surface area contributed by atoms with E-state index in [-0.39, 0.29) is 6.42 Å². The van der Waals surface area contributed by atoms with Crippen LogP contribution in [0, 0.1) is 13.8 Å². The smallest absolute Gasteiger partial charge is 0.308 e. The summed E-state index contributed by atoms with van der Waals surface area (Å²) in [5, 5.41) is 8.51. The molecule has 2 nitrogen and oxygen atoms in total. The van der Waals surface area contributed by atoms with Crippen molar-refractivity contribution in [3.8, 4) is 0 Å². The summed E-state index contributed by atoms with van der Waals surface area (Å²) in [5.74, 6) is -0.755. The minimum absolute atomic E-state index is 0.157. The van der Waals surface area contributed by atoms with Gasteiger partial charge < -0.3 is 5.11 Å². The van der Waals surface area contributed by atoms with Gasteiger partial charge in [0.2, 0.25) is 0 Å². The highest BCUT2D eigenvalue weighted by molar-refractivity contribution is 7.12. The van der Waals surface area contributed by atoms with Crippen molar-refractivity contribution in [2.75, 3.05) is 0 Å². The normalized spacial score (nSPS) is 10.0. The summed E-state index contributed by atoms with van der Waals surface area (Å²) in [6.45, 7) is 3.94. The van der Waals surface area contributed by atoms with Gasteiger partial charge in [-0.05, 0) is 25.5 Å². The fraction of sp³-hybridized carbons (Fsp3) is 0.375. The van der Waals surface area contributed by atoms with Crippen LogP contribution in [0.4, 0.5) is 0 Å². The molecule has 0 unspecified atom stereocenters. The van der Waals surface area contributed by atoms with Crippen LogP contribution in [-0.4, -0.2) is 11.1 Å². The zero-order valence-electron chi connectivity index (χ0n) is 6.55. The number of aliphatic carboxylic acids is 1. The van der Waals surface area contributed by atoms with E-state index in [2.05, 4.69) is 0 Å². The number of carbonyl (C=O) groups is 1. The number of rotatable bonds is 2. The van der Waals surface area contributed by atoms with E-state index in [0.717, 1.165) is 10.4 Å². The number of carboxylic acids is 1. The lowest BCUT2D eigenvalue weighted by atomic mass is 10.2. The molecule has 0 aliphatic heterocycles. The molecule has 1 heterocycles. The van der Waals surface area contributed by atoms with Gasteiger partial charge in [0.05, 0.1) is 6.42 Å². The molecular weight excluding hydrogens is 160 g/mol. The van der Waals surface area contributed by atoms with Crippen LogP contribution >= 0.6 is 11.3 Å². The Bertz CT molecular complexity index is 276. The fourth-order valence-electron chi connectivity index (χ4n) is 1.00. The van der Waals surface area contributed by atoms with Gasteiger partial charge >= 0.3 is 5.97 Å². The monoisotopic (exact) mass is 170 g/mol. The van der Waals surface area contributed by atoms with Crippen LogP contribution in [0.25, 0.3) is 0 Å². The zero-order chi connectivity index (χ0) is 8.43. The lowest BCUT2D eigenvalue weighted by Crippen LogP contribution is -1.98. The van der Waals surface area contributed by atoms with Crippen LogP contribution in [0.15, 0.2) is 6.07 Å².